The van der Waals surface area contributed by atoms with Crippen molar-refractivity contribution in [2.24, 2.45) is 0 Å². The lowest BCUT2D eigenvalue weighted by atomic mass is 10.2. The number of ether oxygens (including phenoxy) is 1. The summed E-state index contributed by atoms with van der Waals surface area (Å²) in [5, 5.41) is 18.4. The zero-order valence-corrected chi connectivity index (χ0v) is 9.08. The summed E-state index contributed by atoms with van der Waals surface area (Å²) in [6.07, 6.45) is -0.454. The molecule has 0 saturated carbocycles. The number of nitrogens with one attached hydrogen (secondary N) is 1. The topological polar surface area (TPSA) is 105 Å². The first-order valence-corrected chi connectivity index (χ1v) is 5.03. The summed E-state index contributed by atoms with van der Waals surface area (Å²) < 4.78 is 6.34. The molecule has 0 bridgehead atoms. The Hall–Kier alpha value is -1.86. The van der Waals surface area contributed by atoms with E-state index in [0.717, 1.165) is 4.57 Å². The van der Waals surface area contributed by atoms with Crippen LogP contribution < -0.4 is 11.2 Å². The minimum absolute atomic E-state index is 0.107. The van der Waals surface area contributed by atoms with Crippen LogP contribution >= 0.6 is 0 Å². The Labute approximate surface area is 95.6 Å². The Morgan fingerprint density at radius 3 is 2.76 bits per heavy atom. The number of aliphatic hydroxyl groups is 2. The Bertz CT molecular complexity index is 571. The van der Waals surface area contributed by atoms with Crippen molar-refractivity contribution in [2.45, 2.75) is 19.1 Å². The van der Waals surface area contributed by atoms with Crippen molar-refractivity contribution >= 4 is 5.88 Å². The van der Waals surface area contributed by atoms with E-state index < -0.39 is 23.5 Å². The second kappa shape index (κ2) is 4.19. The molecule has 17 heavy (non-hydrogen) atoms. The van der Waals surface area contributed by atoms with Gasteiger partial charge in [-0.15, -0.1) is 0 Å². The third-order valence-corrected chi connectivity index (χ3v) is 2.49. The Kier molecular flexibility index (Phi) is 2.86. The number of aryl methyl sites for hydroxylation is 1. The largest absolute Gasteiger partial charge is 0.470 e. The van der Waals surface area contributed by atoms with Crippen molar-refractivity contribution in [3.8, 4) is 0 Å². The summed E-state index contributed by atoms with van der Waals surface area (Å²) in [6, 6.07) is 1.24. The molecule has 0 saturated heterocycles. The Morgan fingerprint density at radius 2 is 2.24 bits per heavy atom. The molecule has 2 heterocycles. The van der Waals surface area contributed by atoms with Crippen molar-refractivity contribution in [3.63, 3.8) is 0 Å². The molecule has 3 N–H and O–H groups in total. The molecular weight excluding hydrogens is 228 g/mol. The number of hydrogen-bond donors (Lipinski definition) is 3. The molecule has 7 nitrogen and oxygen atoms in total. The maximum absolute atomic E-state index is 11.6. The van der Waals surface area contributed by atoms with Crippen molar-refractivity contribution in [2.75, 3.05) is 6.61 Å². The first kappa shape index (κ1) is 11.6. The second-order valence-corrected chi connectivity index (χ2v) is 3.75. The molecule has 0 amide bonds. The monoisotopic (exact) mass is 240 g/mol. The minimum Gasteiger partial charge on any atom is -0.470 e. The van der Waals surface area contributed by atoms with Gasteiger partial charge in [0.25, 0.3) is 5.56 Å². The summed E-state index contributed by atoms with van der Waals surface area (Å²) in [6.45, 7) is 1.21. The normalized spacial score (nSPS) is 23.4. The lowest BCUT2D eigenvalue weighted by Gasteiger charge is -2.14. The SMILES string of the molecule is Cc1cc(=O)[nH]c(=O)n1C1=C[C@H](O)[C@@H](CO)O1. The number of rotatable bonds is 2. The Balaban J connectivity index is 2.47. The highest BCUT2D eigenvalue weighted by atomic mass is 16.5. The zero-order chi connectivity index (χ0) is 12.6. The molecule has 1 aliphatic heterocycles. The molecule has 1 aromatic heterocycles. The smallest absolute Gasteiger partial charge is 0.335 e. The van der Waals surface area contributed by atoms with Crippen LogP contribution in [0.4, 0.5) is 0 Å². The van der Waals surface area contributed by atoms with Crippen molar-refractivity contribution in [1.29, 1.82) is 0 Å². The molecule has 1 aromatic rings. The van der Waals surface area contributed by atoms with Gasteiger partial charge in [-0.25, -0.2) is 9.36 Å². The van der Waals surface area contributed by atoms with Crippen molar-refractivity contribution < 1.29 is 14.9 Å². The fourth-order valence-corrected chi connectivity index (χ4v) is 1.68. The summed E-state index contributed by atoms with van der Waals surface area (Å²) >= 11 is 0. The van der Waals surface area contributed by atoms with Crippen LogP contribution in [0.25, 0.3) is 5.88 Å². The second-order valence-electron chi connectivity index (χ2n) is 3.75. The molecule has 0 spiro atoms. The van der Waals surface area contributed by atoms with E-state index in [9.17, 15) is 14.7 Å². The highest BCUT2D eigenvalue weighted by molar-refractivity contribution is 5.43. The quantitative estimate of drug-likeness (QED) is 0.577. The molecule has 1 aliphatic rings. The summed E-state index contributed by atoms with van der Waals surface area (Å²) in [4.78, 5) is 24.7. The number of H-pyrrole nitrogens is 1. The van der Waals surface area contributed by atoms with Gasteiger partial charge >= 0.3 is 5.69 Å². The third-order valence-electron chi connectivity index (χ3n) is 2.49. The van der Waals surface area contributed by atoms with Crippen LogP contribution in [0.5, 0.6) is 0 Å². The highest BCUT2D eigenvalue weighted by Gasteiger charge is 2.28. The van der Waals surface area contributed by atoms with Crippen LogP contribution in [-0.2, 0) is 4.74 Å². The van der Waals surface area contributed by atoms with E-state index in [0.29, 0.717) is 5.69 Å². The van der Waals surface area contributed by atoms with E-state index in [1.807, 2.05) is 0 Å². The molecule has 0 aromatic carbocycles. The van der Waals surface area contributed by atoms with Gasteiger partial charge in [-0.1, -0.05) is 0 Å². The van der Waals surface area contributed by atoms with Crippen LogP contribution in [0.3, 0.4) is 0 Å². The first-order chi connectivity index (χ1) is 8.02. The predicted octanol–water partition coefficient (Wildman–Crippen LogP) is -1.60. The molecule has 0 radical (unpaired) electrons. The van der Waals surface area contributed by atoms with Gasteiger partial charge in [0.05, 0.1) is 6.61 Å². The number of aromatic amines is 1. The molecule has 7 heteroatoms. The van der Waals surface area contributed by atoms with Gasteiger partial charge in [0.2, 0.25) is 5.88 Å². The van der Waals surface area contributed by atoms with Gasteiger partial charge in [0, 0.05) is 17.8 Å². The summed E-state index contributed by atoms with van der Waals surface area (Å²) in [5.74, 6) is 0.107. The van der Waals surface area contributed by atoms with Crippen molar-refractivity contribution in [3.05, 3.63) is 38.7 Å². The average Bonchev–Trinajstić information content (AvgIpc) is 2.57. The lowest BCUT2D eigenvalue weighted by Crippen LogP contribution is -2.31. The number of aromatic nitrogens is 2. The molecule has 92 valence electrons. The van der Waals surface area contributed by atoms with Gasteiger partial charge in [-0.3, -0.25) is 9.78 Å². The predicted molar refractivity (Wildman–Crippen MR) is 58.3 cm³/mol. The molecule has 0 unspecified atom stereocenters. The van der Waals surface area contributed by atoms with E-state index in [1.54, 1.807) is 6.92 Å². The fraction of sp³-hybridized carbons (Fsp3) is 0.400. The van der Waals surface area contributed by atoms with Crippen LogP contribution in [-0.4, -0.2) is 38.6 Å². The molecule has 2 atom stereocenters. The lowest BCUT2D eigenvalue weighted by molar-refractivity contribution is 0.0253. The highest BCUT2D eigenvalue weighted by Crippen LogP contribution is 2.20. The van der Waals surface area contributed by atoms with Crippen LogP contribution in [0, 0.1) is 6.92 Å². The maximum atomic E-state index is 11.6. The maximum Gasteiger partial charge on any atom is 0.335 e. The molecular formula is C10H12N2O5. The van der Waals surface area contributed by atoms with Crippen molar-refractivity contribution in [1.82, 2.24) is 9.55 Å². The summed E-state index contributed by atoms with van der Waals surface area (Å²) in [5.41, 5.74) is -0.760. The van der Waals surface area contributed by atoms with Crippen LogP contribution in [0.15, 0.2) is 21.7 Å². The van der Waals surface area contributed by atoms with E-state index in [2.05, 4.69) is 4.98 Å². The minimum atomic E-state index is -0.978. The Morgan fingerprint density at radius 1 is 1.53 bits per heavy atom. The number of nitrogens with zero attached hydrogens (tertiary/aromatic N) is 1. The van der Waals surface area contributed by atoms with Crippen LogP contribution in [0.2, 0.25) is 0 Å². The van der Waals surface area contributed by atoms with Gasteiger partial charge in [0.1, 0.15) is 6.10 Å². The van der Waals surface area contributed by atoms with E-state index >= 15 is 0 Å². The zero-order valence-electron chi connectivity index (χ0n) is 9.08. The van der Waals surface area contributed by atoms with E-state index in [-0.39, 0.29) is 12.5 Å². The standard InChI is InChI=1S/C10H12N2O5/c1-5-2-8(15)11-10(16)12(5)9-3-6(14)7(4-13)17-9/h2-3,6-7,13-14H,4H2,1H3,(H,11,15,16)/t6-,7+/m0/s1. The number of aliphatic hydroxyl groups excluding tert-OH is 2. The van der Waals surface area contributed by atoms with E-state index in [4.69, 9.17) is 9.84 Å². The number of hydrogen-bond acceptors (Lipinski definition) is 5. The molecule has 0 aliphatic carbocycles. The third kappa shape index (κ3) is 2.02. The van der Waals surface area contributed by atoms with Gasteiger partial charge in [-0.2, -0.15) is 0 Å². The molecule has 0 fully saturated rings. The van der Waals surface area contributed by atoms with Gasteiger partial charge in [0.15, 0.2) is 6.10 Å². The van der Waals surface area contributed by atoms with Gasteiger partial charge in [-0.05, 0) is 6.92 Å². The first-order valence-electron chi connectivity index (χ1n) is 5.03. The van der Waals surface area contributed by atoms with Crippen LogP contribution in [0.1, 0.15) is 5.69 Å². The molecule has 2 rings (SSSR count). The van der Waals surface area contributed by atoms with Gasteiger partial charge < -0.3 is 14.9 Å². The average molecular weight is 240 g/mol. The fourth-order valence-electron chi connectivity index (χ4n) is 1.68. The summed E-state index contributed by atoms with van der Waals surface area (Å²) in [7, 11) is 0. The van der Waals surface area contributed by atoms with E-state index in [1.165, 1.54) is 12.1 Å².